The van der Waals surface area contributed by atoms with Gasteiger partial charge in [0.2, 0.25) is 0 Å². The summed E-state index contributed by atoms with van der Waals surface area (Å²) in [5.41, 5.74) is 0.786. The first-order chi connectivity index (χ1) is 15.7. The number of para-hydroxylation sites is 1. The molecule has 1 aliphatic rings. The molecule has 9 heteroatoms. The highest BCUT2D eigenvalue weighted by molar-refractivity contribution is 5.98. The molecule has 33 heavy (non-hydrogen) atoms. The van der Waals surface area contributed by atoms with Crippen LogP contribution in [0.3, 0.4) is 0 Å². The molecule has 2 N–H and O–H groups in total. The Morgan fingerprint density at radius 2 is 2.03 bits per heavy atom. The van der Waals surface area contributed by atoms with Gasteiger partial charge in [0.25, 0.3) is 5.91 Å². The van der Waals surface area contributed by atoms with Gasteiger partial charge in [0.1, 0.15) is 18.1 Å². The topological polar surface area (TPSA) is 73.9 Å². The van der Waals surface area contributed by atoms with Crippen LogP contribution in [0.1, 0.15) is 61.6 Å². The minimum Gasteiger partial charge on any atom is -0.351 e. The molecule has 0 radical (unpaired) electrons. The molecule has 3 aromatic rings. The SMILES string of the molecule is CCN(C(=O)c1cc2ccccc2[nH]1)C1(C)CCC[C@@H](N[C@@H](c2cncnc2)C(F)(F)F)C1. The summed E-state index contributed by atoms with van der Waals surface area (Å²) in [7, 11) is 0. The van der Waals surface area contributed by atoms with Gasteiger partial charge in [-0.3, -0.25) is 10.1 Å². The third-order valence-electron chi connectivity index (χ3n) is 6.57. The number of aromatic nitrogens is 3. The first kappa shape index (κ1) is 23.2. The van der Waals surface area contributed by atoms with Crippen molar-refractivity contribution in [3.8, 4) is 0 Å². The minimum absolute atomic E-state index is 0.0150. The number of nitrogens with zero attached hydrogens (tertiary/aromatic N) is 3. The fourth-order valence-corrected chi connectivity index (χ4v) is 5.03. The molecule has 176 valence electrons. The van der Waals surface area contributed by atoms with Crippen molar-refractivity contribution in [2.75, 3.05) is 6.54 Å². The predicted molar refractivity (Wildman–Crippen MR) is 120 cm³/mol. The number of carbonyl (C=O) groups excluding carboxylic acids is 1. The Morgan fingerprint density at radius 1 is 1.30 bits per heavy atom. The number of benzene rings is 1. The number of aromatic amines is 1. The van der Waals surface area contributed by atoms with Crippen LogP contribution in [0, 0.1) is 0 Å². The molecule has 0 spiro atoms. The number of halogens is 3. The molecule has 3 atom stereocenters. The monoisotopic (exact) mass is 459 g/mol. The van der Waals surface area contributed by atoms with Crippen molar-refractivity contribution >= 4 is 16.8 Å². The molecule has 1 amide bonds. The van der Waals surface area contributed by atoms with Gasteiger partial charge in [-0.05, 0) is 51.7 Å². The standard InChI is InChI=1S/C24H28F3N5O/c1-3-32(22(33)20-11-16-7-4-5-9-19(16)31-20)23(2)10-6-8-18(12-23)30-21(24(25,26)27)17-13-28-15-29-14-17/h4-5,7,9,11,13-15,18,21,30-31H,3,6,8,10,12H2,1-2H3/t18-,21+,23?/m1/s1. The maximum Gasteiger partial charge on any atom is 0.408 e. The van der Waals surface area contributed by atoms with Crippen molar-refractivity contribution in [1.29, 1.82) is 0 Å². The average Bonchev–Trinajstić information content (AvgIpc) is 3.22. The van der Waals surface area contributed by atoms with Crippen LogP contribution in [0.5, 0.6) is 0 Å². The third kappa shape index (κ3) is 4.88. The van der Waals surface area contributed by atoms with Crippen LogP contribution in [0.2, 0.25) is 0 Å². The Kier molecular flexibility index (Phi) is 6.43. The second-order valence-electron chi connectivity index (χ2n) is 8.92. The second kappa shape index (κ2) is 9.13. The summed E-state index contributed by atoms with van der Waals surface area (Å²) >= 11 is 0. The van der Waals surface area contributed by atoms with E-state index in [0.717, 1.165) is 23.7 Å². The summed E-state index contributed by atoms with van der Waals surface area (Å²) in [6.07, 6.45) is 1.60. The van der Waals surface area contributed by atoms with Crippen molar-refractivity contribution in [1.82, 2.24) is 25.2 Å². The Balaban J connectivity index is 1.55. The second-order valence-corrected chi connectivity index (χ2v) is 8.92. The van der Waals surface area contributed by atoms with Crippen LogP contribution >= 0.6 is 0 Å². The molecule has 2 aromatic heterocycles. The van der Waals surface area contributed by atoms with Crippen molar-refractivity contribution in [2.45, 2.75) is 63.3 Å². The largest absolute Gasteiger partial charge is 0.408 e. The number of nitrogens with one attached hydrogen (secondary N) is 2. The highest BCUT2D eigenvalue weighted by Crippen LogP contribution is 2.38. The molecule has 1 fully saturated rings. The number of carbonyl (C=O) groups is 1. The summed E-state index contributed by atoms with van der Waals surface area (Å²) in [6, 6.07) is 7.23. The van der Waals surface area contributed by atoms with E-state index in [1.807, 2.05) is 44.2 Å². The maximum atomic E-state index is 13.8. The number of H-pyrrole nitrogens is 1. The van der Waals surface area contributed by atoms with Crippen molar-refractivity contribution < 1.29 is 18.0 Å². The van der Waals surface area contributed by atoms with Gasteiger partial charge in [-0.25, -0.2) is 9.97 Å². The number of alkyl halides is 3. The van der Waals surface area contributed by atoms with Gasteiger partial charge < -0.3 is 9.88 Å². The molecule has 1 unspecified atom stereocenters. The first-order valence-electron chi connectivity index (χ1n) is 11.2. The Morgan fingerprint density at radius 3 is 2.70 bits per heavy atom. The lowest BCUT2D eigenvalue weighted by Gasteiger charge is -2.47. The summed E-state index contributed by atoms with van der Waals surface area (Å²) in [4.78, 5) is 25.9. The molecule has 6 nitrogen and oxygen atoms in total. The Labute approximate surface area is 190 Å². The van der Waals surface area contributed by atoms with Crippen LogP contribution in [0.15, 0.2) is 49.1 Å². The Hall–Kier alpha value is -2.94. The lowest BCUT2D eigenvalue weighted by atomic mass is 9.78. The van der Waals surface area contributed by atoms with Crippen LogP contribution in [0.4, 0.5) is 13.2 Å². The number of rotatable bonds is 6. The van der Waals surface area contributed by atoms with Gasteiger partial charge in [-0.15, -0.1) is 0 Å². The molecule has 1 aromatic carbocycles. The first-order valence-corrected chi connectivity index (χ1v) is 11.2. The molecule has 0 aliphatic heterocycles. The van der Waals surface area contributed by atoms with E-state index < -0.39 is 23.8 Å². The molecule has 0 bridgehead atoms. The van der Waals surface area contributed by atoms with Gasteiger partial charge >= 0.3 is 6.18 Å². The number of amides is 1. The van der Waals surface area contributed by atoms with Gasteiger partial charge in [-0.2, -0.15) is 13.2 Å². The van der Waals surface area contributed by atoms with Crippen LogP contribution in [-0.2, 0) is 0 Å². The summed E-state index contributed by atoms with van der Waals surface area (Å²) in [5.74, 6) is -0.138. The molecular formula is C24H28F3N5O. The molecule has 0 saturated heterocycles. The number of fused-ring (bicyclic) bond motifs is 1. The van der Waals surface area contributed by atoms with E-state index in [2.05, 4.69) is 20.3 Å². The van der Waals surface area contributed by atoms with E-state index in [1.54, 1.807) is 4.90 Å². The number of hydrogen-bond acceptors (Lipinski definition) is 4. The Bertz CT molecular complexity index is 1070. The average molecular weight is 460 g/mol. The van der Waals surface area contributed by atoms with E-state index >= 15 is 0 Å². The fourth-order valence-electron chi connectivity index (χ4n) is 5.03. The van der Waals surface area contributed by atoms with E-state index in [9.17, 15) is 18.0 Å². The van der Waals surface area contributed by atoms with Gasteiger partial charge in [0.05, 0.1) is 0 Å². The van der Waals surface area contributed by atoms with E-state index in [0.29, 0.717) is 25.1 Å². The summed E-state index contributed by atoms with van der Waals surface area (Å²) in [6.45, 7) is 4.34. The minimum atomic E-state index is -4.48. The van der Waals surface area contributed by atoms with Crippen molar-refractivity contribution in [3.63, 3.8) is 0 Å². The van der Waals surface area contributed by atoms with Crippen LogP contribution < -0.4 is 5.32 Å². The zero-order valence-electron chi connectivity index (χ0n) is 18.7. The van der Waals surface area contributed by atoms with Crippen molar-refractivity contribution in [3.05, 3.63) is 60.3 Å². The maximum absolute atomic E-state index is 13.8. The van der Waals surface area contributed by atoms with Crippen LogP contribution in [-0.4, -0.2) is 50.1 Å². The van der Waals surface area contributed by atoms with Crippen molar-refractivity contribution in [2.24, 2.45) is 0 Å². The molecule has 1 aliphatic carbocycles. The van der Waals surface area contributed by atoms with Gasteiger partial charge in [0.15, 0.2) is 0 Å². The zero-order chi connectivity index (χ0) is 23.6. The highest BCUT2D eigenvalue weighted by atomic mass is 19.4. The molecule has 4 rings (SSSR count). The van der Waals surface area contributed by atoms with E-state index in [-0.39, 0.29) is 11.5 Å². The lowest BCUT2D eigenvalue weighted by Crippen LogP contribution is -2.56. The van der Waals surface area contributed by atoms with E-state index in [1.165, 1.54) is 18.7 Å². The lowest BCUT2D eigenvalue weighted by molar-refractivity contribution is -0.161. The quantitative estimate of drug-likeness (QED) is 0.543. The number of hydrogen-bond donors (Lipinski definition) is 2. The fraction of sp³-hybridized carbons (Fsp3) is 0.458. The zero-order valence-corrected chi connectivity index (χ0v) is 18.7. The third-order valence-corrected chi connectivity index (χ3v) is 6.57. The van der Waals surface area contributed by atoms with Gasteiger partial charge in [0, 0.05) is 47.0 Å². The summed E-state index contributed by atoms with van der Waals surface area (Å²) in [5, 5.41) is 3.74. The highest BCUT2D eigenvalue weighted by Gasteiger charge is 2.45. The molecule has 1 saturated carbocycles. The normalized spacial score (nSPS) is 22.3. The van der Waals surface area contributed by atoms with Gasteiger partial charge in [-0.1, -0.05) is 18.2 Å². The molecule has 2 heterocycles. The smallest absolute Gasteiger partial charge is 0.351 e. The van der Waals surface area contributed by atoms with E-state index in [4.69, 9.17) is 0 Å². The van der Waals surface area contributed by atoms with Crippen LogP contribution in [0.25, 0.3) is 10.9 Å². The predicted octanol–water partition coefficient (Wildman–Crippen LogP) is 5.01. The molecular weight excluding hydrogens is 431 g/mol. The summed E-state index contributed by atoms with van der Waals surface area (Å²) < 4.78 is 41.5.